The van der Waals surface area contributed by atoms with E-state index in [1.807, 2.05) is 70.4 Å². The lowest BCUT2D eigenvalue weighted by molar-refractivity contribution is 0.0588. The number of aromatic nitrogens is 1. The lowest BCUT2D eigenvalue weighted by Crippen LogP contribution is -2.44. The van der Waals surface area contributed by atoms with Crippen molar-refractivity contribution in [3.8, 4) is 22.9 Å². The maximum absolute atomic E-state index is 13.4. The number of aromatic hydroxyl groups is 1. The Kier molecular flexibility index (Phi) is 6.43. The van der Waals surface area contributed by atoms with E-state index in [2.05, 4.69) is 4.90 Å². The summed E-state index contributed by atoms with van der Waals surface area (Å²) in [6.45, 7) is 4.39. The summed E-state index contributed by atoms with van der Waals surface area (Å²) in [6.07, 6.45) is 7.13. The predicted molar refractivity (Wildman–Crippen MR) is 134 cm³/mol. The van der Waals surface area contributed by atoms with Crippen LogP contribution in [0.15, 0.2) is 60.9 Å². The van der Waals surface area contributed by atoms with E-state index < -0.39 is 0 Å². The van der Waals surface area contributed by atoms with Gasteiger partial charge in [0.1, 0.15) is 0 Å². The largest absolute Gasteiger partial charge is 0.502 e. The van der Waals surface area contributed by atoms with E-state index in [9.17, 15) is 9.90 Å². The molecule has 35 heavy (non-hydrogen) atoms. The van der Waals surface area contributed by atoms with Crippen molar-refractivity contribution in [1.82, 2.24) is 14.4 Å². The van der Waals surface area contributed by atoms with Crippen molar-refractivity contribution < 1.29 is 19.4 Å². The van der Waals surface area contributed by atoms with Gasteiger partial charge in [-0.25, -0.2) is 0 Å². The van der Waals surface area contributed by atoms with E-state index in [4.69, 9.17) is 9.47 Å². The summed E-state index contributed by atoms with van der Waals surface area (Å²) >= 11 is 0. The number of rotatable bonds is 6. The minimum atomic E-state index is 0.0343. The molecular formula is C28H33N3O4. The SMILES string of the molecule is COc1cc(CN2CCC3(CCN(C(=O)c4ccccc4-n4cccc4)CC3)C2)cc(OC)c1O. The fourth-order valence-corrected chi connectivity index (χ4v) is 5.60. The van der Waals surface area contributed by atoms with Crippen molar-refractivity contribution in [2.75, 3.05) is 40.4 Å². The van der Waals surface area contributed by atoms with Gasteiger partial charge in [-0.3, -0.25) is 9.69 Å². The van der Waals surface area contributed by atoms with Crippen molar-refractivity contribution in [3.05, 3.63) is 72.1 Å². The molecule has 1 amide bonds. The molecule has 2 saturated heterocycles. The van der Waals surface area contributed by atoms with Crippen molar-refractivity contribution in [2.24, 2.45) is 5.41 Å². The highest BCUT2D eigenvalue weighted by molar-refractivity contribution is 5.97. The molecule has 0 unspecified atom stereocenters. The number of benzene rings is 2. The summed E-state index contributed by atoms with van der Waals surface area (Å²) in [5, 5.41) is 10.2. The number of piperidine rings is 1. The van der Waals surface area contributed by atoms with Crippen molar-refractivity contribution in [2.45, 2.75) is 25.8 Å². The third-order valence-corrected chi connectivity index (χ3v) is 7.59. The lowest BCUT2D eigenvalue weighted by atomic mass is 9.77. The van der Waals surface area contributed by atoms with Crippen LogP contribution < -0.4 is 9.47 Å². The van der Waals surface area contributed by atoms with E-state index in [-0.39, 0.29) is 17.1 Å². The van der Waals surface area contributed by atoms with Crippen molar-refractivity contribution in [1.29, 1.82) is 0 Å². The smallest absolute Gasteiger partial charge is 0.255 e. The Morgan fingerprint density at radius 2 is 1.57 bits per heavy atom. The average Bonchev–Trinajstić information content (AvgIpc) is 3.56. The molecule has 1 aromatic heterocycles. The molecule has 0 atom stereocenters. The number of amides is 1. The molecule has 3 heterocycles. The highest BCUT2D eigenvalue weighted by Crippen LogP contribution is 2.42. The average molecular weight is 476 g/mol. The number of carbonyl (C=O) groups is 1. The lowest BCUT2D eigenvalue weighted by Gasteiger charge is -2.39. The van der Waals surface area contributed by atoms with Crippen LogP contribution in [0.3, 0.4) is 0 Å². The predicted octanol–water partition coefficient (Wildman–Crippen LogP) is 4.33. The fraction of sp³-hybridized carbons (Fsp3) is 0.393. The number of hydrogen-bond acceptors (Lipinski definition) is 5. The Bertz CT molecular complexity index is 1160. The third kappa shape index (κ3) is 4.60. The van der Waals surface area contributed by atoms with Gasteiger partial charge in [-0.05, 0) is 73.2 Å². The van der Waals surface area contributed by atoms with Crippen LogP contribution in [0.1, 0.15) is 35.2 Å². The summed E-state index contributed by atoms with van der Waals surface area (Å²) < 4.78 is 12.6. The molecule has 5 rings (SSSR count). The van der Waals surface area contributed by atoms with E-state index >= 15 is 0 Å². The number of likely N-dealkylation sites (tertiary alicyclic amines) is 2. The summed E-state index contributed by atoms with van der Waals surface area (Å²) in [5.74, 6) is 1.01. The van der Waals surface area contributed by atoms with Gasteiger partial charge < -0.3 is 24.0 Å². The van der Waals surface area contributed by atoms with Gasteiger partial charge in [0.25, 0.3) is 5.91 Å². The number of para-hydroxylation sites is 1. The number of carbonyl (C=O) groups excluding carboxylic acids is 1. The van der Waals surface area contributed by atoms with Crippen LogP contribution in [0.5, 0.6) is 17.2 Å². The zero-order valence-corrected chi connectivity index (χ0v) is 20.4. The molecule has 2 fully saturated rings. The molecule has 1 N–H and O–H groups in total. The number of ether oxygens (including phenoxy) is 2. The Labute approximate surface area is 206 Å². The molecule has 7 heteroatoms. The van der Waals surface area contributed by atoms with Crippen LogP contribution in [0.25, 0.3) is 5.69 Å². The van der Waals surface area contributed by atoms with Gasteiger partial charge in [0, 0.05) is 38.6 Å². The van der Waals surface area contributed by atoms with Gasteiger partial charge in [-0.1, -0.05) is 12.1 Å². The Morgan fingerprint density at radius 1 is 0.943 bits per heavy atom. The van der Waals surface area contributed by atoms with Gasteiger partial charge in [-0.15, -0.1) is 0 Å². The zero-order chi connectivity index (χ0) is 24.4. The van der Waals surface area contributed by atoms with Crippen LogP contribution >= 0.6 is 0 Å². The van der Waals surface area contributed by atoms with Gasteiger partial charge in [0.05, 0.1) is 25.5 Å². The number of hydrogen-bond donors (Lipinski definition) is 1. The molecule has 1 spiro atoms. The van der Waals surface area contributed by atoms with Gasteiger partial charge in [0.15, 0.2) is 11.5 Å². The second kappa shape index (κ2) is 9.66. The molecular weight excluding hydrogens is 442 g/mol. The maximum Gasteiger partial charge on any atom is 0.255 e. The van der Waals surface area contributed by atoms with E-state index in [1.54, 1.807) is 14.2 Å². The molecule has 0 bridgehead atoms. The first-order valence-electron chi connectivity index (χ1n) is 12.2. The van der Waals surface area contributed by atoms with E-state index in [0.717, 1.165) is 68.8 Å². The fourth-order valence-electron chi connectivity index (χ4n) is 5.60. The molecule has 0 aliphatic carbocycles. The van der Waals surface area contributed by atoms with Crippen LogP contribution in [0.4, 0.5) is 0 Å². The molecule has 2 aliphatic heterocycles. The number of phenols is 1. The van der Waals surface area contributed by atoms with E-state index in [0.29, 0.717) is 11.5 Å². The second-order valence-electron chi connectivity index (χ2n) is 9.71. The summed E-state index contributed by atoms with van der Waals surface area (Å²) in [7, 11) is 3.10. The van der Waals surface area contributed by atoms with Crippen LogP contribution in [-0.2, 0) is 6.54 Å². The number of nitrogens with zero attached hydrogens (tertiary/aromatic N) is 3. The monoisotopic (exact) mass is 475 g/mol. The summed E-state index contributed by atoms with van der Waals surface area (Å²) in [6, 6.07) is 15.6. The summed E-state index contributed by atoms with van der Waals surface area (Å²) in [5.41, 5.74) is 2.99. The van der Waals surface area contributed by atoms with Crippen molar-refractivity contribution >= 4 is 5.91 Å². The molecule has 0 saturated carbocycles. The van der Waals surface area contributed by atoms with Gasteiger partial charge in [0.2, 0.25) is 5.75 Å². The molecule has 2 aromatic carbocycles. The Hall–Kier alpha value is -3.45. The Balaban J connectivity index is 1.23. The maximum atomic E-state index is 13.4. The van der Waals surface area contributed by atoms with Gasteiger partial charge >= 0.3 is 0 Å². The minimum Gasteiger partial charge on any atom is -0.502 e. The molecule has 184 valence electrons. The topological polar surface area (TPSA) is 67.2 Å². The highest BCUT2D eigenvalue weighted by atomic mass is 16.5. The minimum absolute atomic E-state index is 0.0343. The quantitative estimate of drug-likeness (QED) is 0.575. The molecule has 0 radical (unpaired) electrons. The van der Waals surface area contributed by atoms with Crippen LogP contribution in [0.2, 0.25) is 0 Å². The van der Waals surface area contributed by atoms with Crippen LogP contribution in [0, 0.1) is 5.41 Å². The van der Waals surface area contributed by atoms with Crippen LogP contribution in [-0.4, -0.2) is 65.8 Å². The van der Waals surface area contributed by atoms with Crippen molar-refractivity contribution in [3.63, 3.8) is 0 Å². The van der Waals surface area contributed by atoms with E-state index in [1.165, 1.54) is 0 Å². The zero-order valence-electron chi connectivity index (χ0n) is 20.4. The number of methoxy groups -OCH3 is 2. The standard InChI is InChI=1S/C28H33N3O4/c1-34-24-17-21(18-25(35-2)26(24)32)19-29-14-9-28(20-29)10-15-31(16-11-28)27(33)22-7-3-4-8-23(22)30-12-5-6-13-30/h3-8,12-13,17-18,32H,9-11,14-16,19-20H2,1-2H3. The normalized spacial score (nSPS) is 17.6. The molecule has 7 nitrogen and oxygen atoms in total. The molecule has 2 aliphatic rings. The highest BCUT2D eigenvalue weighted by Gasteiger charge is 2.41. The summed E-state index contributed by atoms with van der Waals surface area (Å²) in [4.78, 5) is 17.9. The first-order chi connectivity index (χ1) is 17.0. The first kappa shape index (κ1) is 23.3. The Morgan fingerprint density at radius 3 is 2.23 bits per heavy atom. The first-order valence-corrected chi connectivity index (χ1v) is 12.2. The third-order valence-electron chi connectivity index (χ3n) is 7.59. The molecule has 3 aromatic rings. The van der Waals surface area contributed by atoms with Gasteiger partial charge in [-0.2, -0.15) is 0 Å². The number of phenolic OH excluding ortho intramolecular Hbond substituents is 1. The second-order valence-corrected chi connectivity index (χ2v) is 9.71.